The maximum Gasteiger partial charge on any atom is 0.292 e. The molecule has 88 valence electrons. The Balaban J connectivity index is 2.77. The Bertz CT molecular complexity index is 517. The van der Waals surface area contributed by atoms with Gasteiger partial charge >= 0.3 is 0 Å². The zero-order valence-corrected chi connectivity index (χ0v) is 9.91. The summed E-state index contributed by atoms with van der Waals surface area (Å²) in [6.45, 7) is 1.47. The van der Waals surface area contributed by atoms with Crippen molar-refractivity contribution in [2.75, 3.05) is 11.5 Å². The van der Waals surface area contributed by atoms with Crippen LogP contribution in [-0.4, -0.2) is 15.8 Å². The number of hydrogen-bond donors (Lipinski definition) is 1. The second kappa shape index (κ2) is 5.92. The first kappa shape index (κ1) is 13.1. The van der Waals surface area contributed by atoms with Crippen LogP contribution < -0.4 is 5.73 Å². The fraction of sp³-hybridized carbons (Fsp3) is 0.182. The third kappa shape index (κ3) is 4.17. The topological polar surface area (TPSA) is 86.2 Å². The van der Waals surface area contributed by atoms with Gasteiger partial charge in [0.25, 0.3) is 5.69 Å². The monoisotopic (exact) mass is 250 g/mol. The van der Waals surface area contributed by atoms with E-state index in [2.05, 4.69) is 11.8 Å². The first-order valence-corrected chi connectivity index (χ1v) is 5.65. The molecule has 0 heterocycles. The van der Waals surface area contributed by atoms with Crippen LogP contribution in [0, 0.1) is 22.0 Å². The number of nitro groups is 1. The smallest absolute Gasteiger partial charge is 0.292 e. The predicted molar refractivity (Wildman–Crippen MR) is 67.5 cm³/mol. The fourth-order valence-electron chi connectivity index (χ4n) is 1.07. The van der Waals surface area contributed by atoms with Crippen LogP contribution in [0.4, 0.5) is 11.4 Å². The van der Waals surface area contributed by atoms with Crippen molar-refractivity contribution in [3.8, 4) is 11.8 Å². The Morgan fingerprint density at radius 1 is 1.59 bits per heavy atom. The molecule has 0 aliphatic carbocycles. The molecule has 1 rings (SSSR count). The van der Waals surface area contributed by atoms with Gasteiger partial charge in [-0.25, -0.2) is 0 Å². The SMILES string of the molecule is CC(=O)SCC#Cc1ccc([N+](=O)[O-])c(N)c1. The molecule has 0 aromatic heterocycles. The molecule has 1 aromatic rings. The van der Waals surface area contributed by atoms with Crippen molar-refractivity contribution in [3.05, 3.63) is 33.9 Å². The van der Waals surface area contributed by atoms with Gasteiger partial charge in [0, 0.05) is 18.6 Å². The van der Waals surface area contributed by atoms with Crippen molar-refractivity contribution in [2.45, 2.75) is 6.92 Å². The molecule has 0 saturated carbocycles. The average Bonchev–Trinajstić information content (AvgIpc) is 2.23. The molecule has 6 heteroatoms. The highest BCUT2D eigenvalue weighted by Gasteiger charge is 2.09. The predicted octanol–water partition coefficient (Wildman–Crippen LogP) is 1.81. The Kier molecular flexibility index (Phi) is 4.55. The minimum atomic E-state index is -0.544. The van der Waals surface area contributed by atoms with E-state index in [-0.39, 0.29) is 16.5 Å². The molecule has 17 heavy (non-hydrogen) atoms. The molecular weight excluding hydrogens is 240 g/mol. The molecule has 0 radical (unpaired) electrons. The highest BCUT2D eigenvalue weighted by molar-refractivity contribution is 8.13. The third-order valence-corrected chi connectivity index (χ3v) is 2.50. The molecule has 0 aliphatic heterocycles. The minimum absolute atomic E-state index is 0.00233. The Hall–Kier alpha value is -2.00. The van der Waals surface area contributed by atoms with Crippen molar-refractivity contribution < 1.29 is 9.72 Å². The van der Waals surface area contributed by atoms with Gasteiger partial charge in [0.15, 0.2) is 5.12 Å². The standard InChI is InChI=1S/C11H10N2O3S/c1-8(14)17-6-2-3-9-4-5-11(13(15)16)10(12)7-9/h4-5,7H,6,12H2,1H3. The summed E-state index contributed by atoms with van der Waals surface area (Å²) in [4.78, 5) is 20.6. The summed E-state index contributed by atoms with van der Waals surface area (Å²) >= 11 is 1.11. The molecule has 0 spiro atoms. The van der Waals surface area contributed by atoms with E-state index in [1.54, 1.807) is 0 Å². The highest BCUT2D eigenvalue weighted by Crippen LogP contribution is 2.21. The van der Waals surface area contributed by atoms with Crippen LogP contribution >= 0.6 is 11.8 Å². The number of anilines is 1. The summed E-state index contributed by atoms with van der Waals surface area (Å²) in [5.74, 6) is 5.95. The van der Waals surface area contributed by atoms with Crippen LogP contribution in [0.25, 0.3) is 0 Å². The summed E-state index contributed by atoms with van der Waals surface area (Å²) in [6.07, 6.45) is 0. The van der Waals surface area contributed by atoms with Crippen LogP contribution in [0.2, 0.25) is 0 Å². The molecule has 0 fully saturated rings. The van der Waals surface area contributed by atoms with Gasteiger partial charge in [-0.2, -0.15) is 0 Å². The van der Waals surface area contributed by atoms with E-state index in [0.29, 0.717) is 11.3 Å². The van der Waals surface area contributed by atoms with E-state index in [4.69, 9.17) is 5.73 Å². The lowest BCUT2D eigenvalue weighted by Crippen LogP contribution is -1.95. The number of nitrogens with zero attached hydrogens (tertiary/aromatic N) is 1. The molecule has 1 aromatic carbocycles. The lowest BCUT2D eigenvalue weighted by molar-refractivity contribution is -0.383. The van der Waals surface area contributed by atoms with E-state index >= 15 is 0 Å². The molecule has 0 aliphatic rings. The number of rotatable bonds is 2. The van der Waals surface area contributed by atoms with Crippen molar-refractivity contribution >= 4 is 28.3 Å². The van der Waals surface area contributed by atoms with Gasteiger partial charge in [-0.15, -0.1) is 0 Å². The number of carbonyl (C=O) groups excluding carboxylic acids is 1. The van der Waals surface area contributed by atoms with Gasteiger partial charge < -0.3 is 5.73 Å². The van der Waals surface area contributed by atoms with E-state index in [1.165, 1.54) is 25.1 Å². The highest BCUT2D eigenvalue weighted by atomic mass is 32.2. The zero-order chi connectivity index (χ0) is 12.8. The van der Waals surface area contributed by atoms with Crippen LogP contribution in [0.15, 0.2) is 18.2 Å². The van der Waals surface area contributed by atoms with Gasteiger partial charge in [0.05, 0.1) is 10.7 Å². The summed E-state index contributed by atoms with van der Waals surface area (Å²) < 4.78 is 0. The molecular formula is C11H10N2O3S. The van der Waals surface area contributed by atoms with Crippen molar-refractivity contribution in [1.29, 1.82) is 0 Å². The maximum atomic E-state index is 10.6. The summed E-state index contributed by atoms with van der Waals surface area (Å²) in [6, 6.07) is 4.29. The van der Waals surface area contributed by atoms with Crippen molar-refractivity contribution in [1.82, 2.24) is 0 Å². The molecule has 0 unspecified atom stereocenters. The Morgan fingerprint density at radius 3 is 2.82 bits per heavy atom. The first-order valence-electron chi connectivity index (χ1n) is 4.67. The van der Waals surface area contributed by atoms with Crippen LogP contribution in [-0.2, 0) is 4.79 Å². The number of nitro benzene ring substituents is 1. The fourth-order valence-corrected chi connectivity index (χ4v) is 1.42. The summed E-state index contributed by atoms with van der Waals surface area (Å²) in [5.41, 5.74) is 6.05. The van der Waals surface area contributed by atoms with Gasteiger partial charge in [-0.1, -0.05) is 23.6 Å². The summed E-state index contributed by atoms with van der Waals surface area (Å²) in [5, 5.41) is 10.5. The molecule has 2 N–H and O–H groups in total. The van der Waals surface area contributed by atoms with Crippen molar-refractivity contribution in [2.24, 2.45) is 0 Å². The lowest BCUT2D eigenvalue weighted by Gasteiger charge is -1.96. The molecule has 5 nitrogen and oxygen atoms in total. The number of benzene rings is 1. The minimum Gasteiger partial charge on any atom is -0.393 e. The van der Waals surface area contributed by atoms with E-state index in [0.717, 1.165) is 11.8 Å². The molecule has 0 bridgehead atoms. The molecule has 0 amide bonds. The Labute approximate surface area is 103 Å². The maximum absolute atomic E-state index is 10.6. The van der Waals surface area contributed by atoms with Gasteiger partial charge in [0.1, 0.15) is 5.69 Å². The van der Waals surface area contributed by atoms with E-state index in [9.17, 15) is 14.9 Å². The Morgan fingerprint density at radius 2 is 2.29 bits per heavy atom. The number of carbonyl (C=O) groups is 1. The zero-order valence-electron chi connectivity index (χ0n) is 9.10. The van der Waals surface area contributed by atoms with Gasteiger partial charge in [-0.05, 0) is 12.1 Å². The molecule has 0 atom stereocenters. The summed E-state index contributed by atoms with van der Waals surface area (Å²) in [7, 11) is 0. The van der Waals surface area contributed by atoms with Crippen molar-refractivity contribution in [3.63, 3.8) is 0 Å². The quantitative estimate of drug-likeness (QED) is 0.374. The molecule has 0 saturated heterocycles. The number of hydrogen-bond acceptors (Lipinski definition) is 5. The van der Waals surface area contributed by atoms with Crippen LogP contribution in [0.3, 0.4) is 0 Å². The normalized spacial score (nSPS) is 9.24. The lowest BCUT2D eigenvalue weighted by atomic mass is 10.2. The number of nitrogen functional groups attached to an aromatic ring is 1. The third-order valence-electron chi connectivity index (χ3n) is 1.80. The number of thioether (sulfide) groups is 1. The van der Waals surface area contributed by atoms with Gasteiger partial charge in [-0.3, -0.25) is 14.9 Å². The van der Waals surface area contributed by atoms with E-state index in [1.807, 2.05) is 0 Å². The van der Waals surface area contributed by atoms with Gasteiger partial charge in [0.2, 0.25) is 0 Å². The first-order chi connectivity index (χ1) is 8.00. The van der Waals surface area contributed by atoms with E-state index < -0.39 is 4.92 Å². The van der Waals surface area contributed by atoms with Crippen LogP contribution in [0.1, 0.15) is 12.5 Å². The number of nitrogens with two attached hydrogens (primary N) is 1. The second-order valence-electron chi connectivity index (χ2n) is 3.11. The largest absolute Gasteiger partial charge is 0.393 e. The van der Waals surface area contributed by atoms with Crippen LogP contribution in [0.5, 0.6) is 0 Å². The second-order valence-corrected chi connectivity index (χ2v) is 4.27. The average molecular weight is 250 g/mol.